The number of thiol groups is 1. The number of hydrogen-bond donors (Lipinski definition) is 1. The van der Waals surface area contributed by atoms with Crippen LogP contribution >= 0.6 is 45.6 Å². The number of nitrogens with zero attached hydrogens (tertiary/aromatic N) is 3. The molecule has 0 amide bonds. The van der Waals surface area contributed by atoms with Gasteiger partial charge in [-0.3, -0.25) is 0 Å². The van der Waals surface area contributed by atoms with Crippen LogP contribution in [0.3, 0.4) is 0 Å². The van der Waals surface area contributed by atoms with E-state index in [1.165, 1.54) is 49.7 Å². The van der Waals surface area contributed by atoms with Gasteiger partial charge in [-0.15, -0.1) is 12.6 Å². The van der Waals surface area contributed by atoms with Gasteiger partial charge in [-0.2, -0.15) is 9.56 Å². The minimum atomic E-state index is 0.946. The third kappa shape index (κ3) is 8.93. The van der Waals surface area contributed by atoms with Crippen LogP contribution in [0.1, 0.15) is 29.5 Å². The molecule has 0 bridgehead atoms. The van der Waals surface area contributed by atoms with E-state index < -0.39 is 0 Å². The molecule has 240 valence electrons. The van der Waals surface area contributed by atoms with Gasteiger partial charge in [-0.25, -0.2) is 0 Å². The Labute approximate surface area is 296 Å². The van der Waals surface area contributed by atoms with Crippen molar-refractivity contribution in [2.75, 3.05) is 55.0 Å². The first-order valence-electron chi connectivity index (χ1n) is 16.1. The molecule has 0 spiro atoms. The second-order valence-corrected chi connectivity index (χ2v) is 15.9. The Morgan fingerprint density at radius 2 is 1.40 bits per heavy atom. The maximum atomic E-state index is 4.67. The Kier molecular flexibility index (Phi) is 11.5. The molecule has 0 radical (unpaired) electrons. The van der Waals surface area contributed by atoms with Crippen LogP contribution in [0.15, 0.2) is 108 Å². The molecule has 1 fully saturated rings. The van der Waals surface area contributed by atoms with E-state index in [-0.39, 0.29) is 0 Å². The molecule has 1 aliphatic rings. The Morgan fingerprint density at radius 1 is 0.787 bits per heavy atom. The van der Waals surface area contributed by atoms with Crippen molar-refractivity contribution in [3.63, 3.8) is 0 Å². The van der Waals surface area contributed by atoms with E-state index in [1.54, 1.807) is 11.3 Å². The standard InChI is InChI=1S/C39H40N4S4/c1-4-43(35-10-6-7-11-37(35)44)36-28-31(36)27-30-15-20-33(21-16-30)42(3)24-26-46-45-25-23-41(2)32-18-13-29(14-19-32)17-22-39-40-34-9-5-8-12-38(34)47-39/h5-22,27H,4,23-26,28H2,1-3H3/p+2/b22-17+. The van der Waals surface area contributed by atoms with E-state index in [0.29, 0.717) is 0 Å². The van der Waals surface area contributed by atoms with Gasteiger partial charge in [0.15, 0.2) is 5.71 Å². The molecule has 1 aliphatic carbocycles. The lowest BCUT2D eigenvalue weighted by Gasteiger charge is -2.20. The van der Waals surface area contributed by atoms with Crippen molar-refractivity contribution < 1.29 is 9.56 Å². The molecule has 1 saturated carbocycles. The SMILES string of the molecule is CC[N+](=C1C/C1=C/c1ccc(N(C)CCSSCCN(C)c2ccc(/C=C/c3[nH+]c4ccccc4s3)cc2)cc1)c1ccccc1S. The van der Waals surface area contributed by atoms with E-state index in [0.717, 1.165) is 47.5 Å². The second-order valence-electron chi connectivity index (χ2n) is 11.6. The molecule has 0 atom stereocenters. The Morgan fingerprint density at radius 3 is 2.04 bits per heavy atom. The summed E-state index contributed by atoms with van der Waals surface area (Å²) in [5.41, 5.74) is 10.2. The fraction of sp³-hybridized carbons (Fsp3) is 0.231. The van der Waals surface area contributed by atoms with Crippen molar-refractivity contribution in [3.05, 3.63) is 119 Å². The molecule has 1 N–H and O–H groups in total. The van der Waals surface area contributed by atoms with Crippen LogP contribution in [0, 0.1) is 0 Å². The highest BCUT2D eigenvalue weighted by molar-refractivity contribution is 8.76. The normalized spacial score (nSPS) is 14.7. The molecule has 4 nitrogen and oxygen atoms in total. The number of H-pyrrole nitrogens is 1. The van der Waals surface area contributed by atoms with Gasteiger partial charge in [0.25, 0.3) is 5.01 Å². The number of rotatable bonds is 14. The molecule has 1 aromatic heterocycles. The van der Waals surface area contributed by atoms with Crippen molar-refractivity contribution in [2.24, 2.45) is 0 Å². The zero-order valence-electron chi connectivity index (χ0n) is 27.2. The van der Waals surface area contributed by atoms with Crippen LogP contribution in [0.4, 0.5) is 17.1 Å². The van der Waals surface area contributed by atoms with Crippen molar-refractivity contribution in [1.29, 1.82) is 0 Å². The fourth-order valence-electron chi connectivity index (χ4n) is 5.51. The lowest BCUT2D eigenvalue weighted by molar-refractivity contribution is -0.436. The number of allylic oxidation sites excluding steroid dienone is 1. The molecule has 5 aromatic rings. The lowest BCUT2D eigenvalue weighted by atomic mass is 10.2. The number of para-hydroxylation sites is 2. The van der Waals surface area contributed by atoms with Crippen molar-refractivity contribution in [2.45, 2.75) is 18.2 Å². The van der Waals surface area contributed by atoms with E-state index in [1.807, 2.05) is 27.7 Å². The molecule has 0 aliphatic heterocycles. The highest BCUT2D eigenvalue weighted by atomic mass is 33.1. The fourth-order valence-corrected chi connectivity index (χ4v) is 8.79. The Balaban J connectivity index is 0.899. The van der Waals surface area contributed by atoms with Gasteiger partial charge < -0.3 is 9.80 Å². The molecular weight excluding hydrogens is 653 g/mol. The van der Waals surface area contributed by atoms with Gasteiger partial charge in [-0.05, 0) is 66.6 Å². The summed E-state index contributed by atoms with van der Waals surface area (Å²) in [6, 6.07) is 34.6. The van der Waals surface area contributed by atoms with Crippen molar-refractivity contribution in [1.82, 2.24) is 0 Å². The van der Waals surface area contributed by atoms with Crippen LogP contribution in [-0.2, 0) is 0 Å². The molecule has 47 heavy (non-hydrogen) atoms. The number of nitrogens with one attached hydrogen (secondary N) is 1. The minimum Gasteiger partial charge on any atom is -0.374 e. The number of benzene rings is 4. The van der Waals surface area contributed by atoms with Gasteiger partial charge in [-0.1, -0.05) is 81.5 Å². The summed E-state index contributed by atoms with van der Waals surface area (Å²) in [6.07, 6.45) is 7.70. The molecule has 4 aromatic carbocycles. The van der Waals surface area contributed by atoms with Crippen LogP contribution in [-0.4, -0.2) is 55.5 Å². The Hall–Kier alpha value is -3.43. The quantitative estimate of drug-likeness (QED) is 0.0541. The topological polar surface area (TPSA) is 23.6 Å². The number of aromatic amines is 1. The zero-order valence-corrected chi connectivity index (χ0v) is 30.6. The van der Waals surface area contributed by atoms with Gasteiger partial charge in [0.05, 0.1) is 11.3 Å². The number of fused-ring (bicyclic) bond motifs is 1. The molecule has 6 rings (SSSR count). The van der Waals surface area contributed by atoms with Crippen LogP contribution in [0.2, 0.25) is 0 Å². The summed E-state index contributed by atoms with van der Waals surface area (Å²) in [4.78, 5) is 9.19. The third-order valence-electron chi connectivity index (χ3n) is 8.32. The maximum absolute atomic E-state index is 4.67. The minimum absolute atomic E-state index is 0.946. The lowest BCUT2D eigenvalue weighted by Crippen LogP contribution is -2.21. The predicted molar refractivity (Wildman–Crippen MR) is 213 cm³/mol. The summed E-state index contributed by atoms with van der Waals surface area (Å²) in [5.74, 6) is 2.18. The summed E-state index contributed by atoms with van der Waals surface area (Å²) >= 11 is 6.45. The zero-order chi connectivity index (χ0) is 32.6. The van der Waals surface area contributed by atoms with Gasteiger partial charge in [0, 0.05) is 73.8 Å². The molecular formula is C39H42N4S4+2. The van der Waals surface area contributed by atoms with Crippen molar-refractivity contribution in [3.8, 4) is 0 Å². The van der Waals surface area contributed by atoms with E-state index in [4.69, 9.17) is 0 Å². The average molecular weight is 695 g/mol. The van der Waals surface area contributed by atoms with Crippen LogP contribution < -0.4 is 14.8 Å². The third-order valence-corrected chi connectivity index (χ3v) is 12.1. The number of thiazole rings is 1. The van der Waals surface area contributed by atoms with E-state index in [2.05, 4.69) is 162 Å². The van der Waals surface area contributed by atoms with Crippen LogP contribution in [0.25, 0.3) is 28.4 Å². The average Bonchev–Trinajstić information content (AvgIpc) is 3.71. The number of anilines is 2. The molecule has 0 unspecified atom stereocenters. The first-order chi connectivity index (χ1) is 23.0. The van der Waals surface area contributed by atoms with Gasteiger partial charge in [0.1, 0.15) is 11.2 Å². The first kappa shape index (κ1) is 33.5. The van der Waals surface area contributed by atoms with Crippen molar-refractivity contribution >= 4 is 96.8 Å². The van der Waals surface area contributed by atoms with E-state index in [9.17, 15) is 0 Å². The highest BCUT2D eigenvalue weighted by Crippen LogP contribution is 2.33. The number of hydrogen-bond acceptors (Lipinski definition) is 6. The summed E-state index contributed by atoms with van der Waals surface area (Å²) in [7, 11) is 8.29. The first-order valence-corrected chi connectivity index (χ1v) is 19.8. The molecule has 1 heterocycles. The monoisotopic (exact) mass is 694 g/mol. The largest absolute Gasteiger partial charge is 0.374 e. The van der Waals surface area contributed by atoms with Gasteiger partial charge >= 0.3 is 0 Å². The summed E-state index contributed by atoms with van der Waals surface area (Å²) in [6.45, 7) is 5.19. The smallest absolute Gasteiger partial charge is 0.261 e. The molecule has 0 saturated heterocycles. The summed E-state index contributed by atoms with van der Waals surface area (Å²) in [5, 5.41) is 1.16. The molecule has 8 heteroatoms. The highest BCUT2D eigenvalue weighted by Gasteiger charge is 2.35. The predicted octanol–water partition coefficient (Wildman–Crippen LogP) is 9.72. The van der Waals surface area contributed by atoms with E-state index >= 15 is 0 Å². The maximum Gasteiger partial charge on any atom is 0.261 e. The van der Waals surface area contributed by atoms with Crippen LogP contribution in [0.5, 0.6) is 0 Å². The summed E-state index contributed by atoms with van der Waals surface area (Å²) < 4.78 is 3.66. The Bertz CT molecular complexity index is 1860. The van der Waals surface area contributed by atoms with Gasteiger partial charge in [0.2, 0.25) is 11.2 Å². The second kappa shape index (κ2) is 16.1. The number of aromatic nitrogens is 1.